The average Bonchev–Trinajstić information content (AvgIpc) is 2.71. The number of nitrogens with zero attached hydrogens (tertiary/aromatic N) is 2. The third kappa shape index (κ3) is 5.01. The summed E-state index contributed by atoms with van der Waals surface area (Å²) in [5, 5.41) is 12.0. The molecule has 30 heavy (non-hydrogen) atoms. The molecule has 0 saturated heterocycles. The summed E-state index contributed by atoms with van der Waals surface area (Å²) in [4.78, 5) is 20.8. The van der Waals surface area contributed by atoms with Gasteiger partial charge < -0.3 is 10.4 Å². The fourth-order valence-electron chi connectivity index (χ4n) is 2.89. The first kappa shape index (κ1) is 21.4. The van der Waals surface area contributed by atoms with Gasteiger partial charge in [0.05, 0.1) is 23.1 Å². The molecule has 0 radical (unpaired) electrons. The summed E-state index contributed by atoms with van der Waals surface area (Å²) in [5.74, 6) is -0.518. The molecule has 0 aliphatic heterocycles. The van der Waals surface area contributed by atoms with E-state index in [1.54, 1.807) is 18.3 Å². The zero-order valence-electron chi connectivity index (χ0n) is 16.4. The van der Waals surface area contributed by atoms with E-state index >= 15 is 0 Å². The molecule has 0 aliphatic carbocycles. The minimum atomic E-state index is -4.60. The molecule has 8 heteroatoms. The Balaban J connectivity index is 2.16. The number of aryl methyl sites for hydroxylation is 1. The van der Waals surface area contributed by atoms with Crippen molar-refractivity contribution in [1.82, 2.24) is 15.3 Å². The van der Waals surface area contributed by atoms with Gasteiger partial charge in [0.2, 0.25) is 0 Å². The summed E-state index contributed by atoms with van der Waals surface area (Å²) >= 11 is 0. The van der Waals surface area contributed by atoms with Crippen molar-refractivity contribution < 1.29 is 23.1 Å². The maximum absolute atomic E-state index is 13.5. The topological polar surface area (TPSA) is 75.1 Å². The third-order valence-corrected chi connectivity index (χ3v) is 4.35. The van der Waals surface area contributed by atoms with Crippen LogP contribution in [-0.4, -0.2) is 33.6 Å². The first-order valence-electron chi connectivity index (χ1n) is 9.22. The molecule has 2 aromatic heterocycles. The Bertz CT molecular complexity index is 1050. The zero-order valence-corrected chi connectivity index (χ0v) is 16.4. The number of carbonyl (C=O) groups excluding carboxylic acids is 1. The maximum atomic E-state index is 13.5. The SMILES string of the molecule is Cc1ccc(-c2cc(C(=O)NC[C@H](C)O)cc(-c3ncccc3C(F)(F)F)c2)nc1. The lowest BCUT2D eigenvalue weighted by atomic mass is 9.97. The third-order valence-electron chi connectivity index (χ3n) is 4.35. The van der Waals surface area contributed by atoms with Gasteiger partial charge in [0.25, 0.3) is 5.91 Å². The molecule has 3 rings (SSSR count). The second-order valence-electron chi connectivity index (χ2n) is 6.98. The summed E-state index contributed by atoms with van der Waals surface area (Å²) in [6.07, 6.45) is -2.45. The Morgan fingerprint density at radius 3 is 2.50 bits per heavy atom. The molecule has 0 fully saturated rings. The predicted molar refractivity (Wildman–Crippen MR) is 107 cm³/mol. The normalized spacial score (nSPS) is 12.5. The van der Waals surface area contributed by atoms with Gasteiger partial charge in [0.15, 0.2) is 0 Å². The number of amides is 1. The predicted octanol–water partition coefficient (Wildman–Crippen LogP) is 4.25. The van der Waals surface area contributed by atoms with Gasteiger partial charge in [0, 0.05) is 35.6 Å². The van der Waals surface area contributed by atoms with Gasteiger partial charge in [-0.2, -0.15) is 13.2 Å². The van der Waals surface area contributed by atoms with Crippen LogP contribution in [0.5, 0.6) is 0 Å². The van der Waals surface area contributed by atoms with Crippen LogP contribution in [0.2, 0.25) is 0 Å². The van der Waals surface area contributed by atoms with Crippen molar-refractivity contribution in [3.05, 3.63) is 71.5 Å². The molecule has 1 amide bonds. The number of pyridine rings is 2. The van der Waals surface area contributed by atoms with E-state index in [1.165, 1.54) is 31.3 Å². The number of halogens is 3. The van der Waals surface area contributed by atoms with Crippen LogP contribution < -0.4 is 5.32 Å². The Morgan fingerprint density at radius 2 is 1.87 bits per heavy atom. The van der Waals surface area contributed by atoms with E-state index in [0.717, 1.165) is 11.6 Å². The minimum Gasteiger partial charge on any atom is -0.392 e. The number of carbonyl (C=O) groups is 1. The van der Waals surface area contributed by atoms with Crippen LogP contribution in [0, 0.1) is 6.92 Å². The second-order valence-corrected chi connectivity index (χ2v) is 6.98. The Morgan fingerprint density at radius 1 is 1.13 bits per heavy atom. The molecule has 156 valence electrons. The molecule has 0 spiro atoms. The van der Waals surface area contributed by atoms with Crippen LogP contribution in [0.15, 0.2) is 54.9 Å². The molecular formula is C22H20F3N3O2. The Labute approximate surface area is 171 Å². The van der Waals surface area contributed by atoms with Crippen molar-refractivity contribution in [2.24, 2.45) is 0 Å². The van der Waals surface area contributed by atoms with Gasteiger partial charge in [-0.25, -0.2) is 0 Å². The lowest BCUT2D eigenvalue weighted by molar-refractivity contribution is -0.137. The molecule has 0 saturated carbocycles. The summed E-state index contributed by atoms with van der Waals surface area (Å²) in [5.41, 5.74) is 1.03. The minimum absolute atomic E-state index is 0.0125. The molecule has 2 heterocycles. The highest BCUT2D eigenvalue weighted by atomic mass is 19.4. The standard InChI is InChI=1S/C22H20F3N3O2/c1-13-5-6-19(27-11-13)15-8-16(10-17(9-15)21(30)28-12-14(2)29)20-18(22(23,24)25)4-3-7-26-20/h3-11,14,29H,12H2,1-2H3,(H,28,30)/t14-/m0/s1. The van der Waals surface area contributed by atoms with Crippen molar-refractivity contribution >= 4 is 5.91 Å². The first-order valence-corrected chi connectivity index (χ1v) is 9.22. The quantitative estimate of drug-likeness (QED) is 0.653. The van der Waals surface area contributed by atoms with Gasteiger partial charge in [-0.15, -0.1) is 0 Å². The highest BCUT2D eigenvalue weighted by Gasteiger charge is 2.34. The number of alkyl halides is 3. The van der Waals surface area contributed by atoms with Crippen molar-refractivity contribution in [2.75, 3.05) is 6.54 Å². The Kier molecular flexibility index (Phi) is 6.17. The van der Waals surface area contributed by atoms with Crippen LogP contribution >= 0.6 is 0 Å². The van der Waals surface area contributed by atoms with Crippen LogP contribution in [0.1, 0.15) is 28.4 Å². The first-order chi connectivity index (χ1) is 14.1. The van der Waals surface area contributed by atoms with E-state index in [0.29, 0.717) is 11.3 Å². The van der Waals surface area contributed by atoms with E-state index in [1.807, 2.05) is 13.0 Å². The zero-order chi connectivity index (χ0) is 21.9. The number of hydrogen-bond acceptors (Lipinski definition) is 4. The largest absolute Gasteiger partial charge is 0.418 e. The molecular weight excluding hydrogens is 395 g/mol. The van der Waals surface area contributed by atoms with Crippen molar-refractivity contribution in [1.29, 1.82) is 0 Å². The van der Waals surface area contributed by atoms with Crippen LogP contribution in [0.3, 0.4) is 0 Å². The molecule has 5 nitrogen and oxygen atoms in total. The fraction of sp³-hybridized carbons (Fsp3) is 0.227. The van der Waals surface area contributed by atoms with Crippen LogP contribution in [0.4, 0.5) is 13.2 Å². The summed E-state index contributed by atoms with van der Waals surface area (Å²) in [7, 11) is 0. The van der Waals surface area contributed by atoms with E-state index in [2.05, 4.69) is 15.3 Å². The number of aliphatic hydroxyl groups is 1. The molecule has 0 unspecified atom stereocenters. The van der Waals surface area contributed by atoms with Gasteiger partial charge >= 0.3 is 6.18 Å². The highest BCUT2D eigenvalue weighted by molar-refractivity contribution is 5.97. The number of aromatic nitrogens is 2. The second kappa shape index (κ2) is 8.62. The van der Waals surface area contributed by atoms with Crippen molar-refractivity contribution in [3.8, 4) is 22.5 Å². The van der Waals surface area contributed by atoms with Crippen LogP contribution in [-0.2, 0) is 6.18 Å². The number of aliphatic hydroxyl groups excluding tert-OH is 1. The number of hydrogen-bond donors (Lipinski definition) is 2. The molecule has 0 bridgehead atoms. The summed E-state index contributed by atoms with van der Waals surface area (Å²) < 4.78 is 40.5. The van der Waals surface area contributed by atoms with Gasteiger partial charge in [0.1, 0.15) is 0 Å². The molecule has 3 aromatic rings. The Hall–Kier alpha value is -3.26. The van der Waals surface area contributed by atoms with E-state index in [9.17, 15) is 23.1 Å². The van der Waals surface area contributed by atoms with E-state index < -0.39 is 23.8 Å². The van der Waals surface area contributed by atoms with E-state index in [-0.39, 0.29) is 23.4 Å². The molecule has 1 atom stereocenters. The summed E-state index contributed by atoms with van der Waals surface area (Å²) in [6.45, 7) is 3.39. The summed E-state index contributed by atoms with van der Waals surface area (Å²) in [6, 6.07) is 10.2. The number of rotatable bonds is 5. The van der Waals surface area contributed by atoms with Crippen molar-refractivity contribution in [2.45, 2.75) is 26.1 Å². The van der Waals surface area contributed by atoms with Gasteiger partial charge in [-0.05, 0) is 55.8 Å². The van der Waals surface area contributed by atoms with E-state index in [4.69, 9.17) is 0 Å². The monoisotopic (exact) mass is 415 g/mol. The average molecular weight is 415 g/mol. The molecule has 2 N–H and O–H groups in total. The maximum Gasteiger partial charge on any atom is 0.418 e. The molecule has 0 aliphatic rings. The fourth-order valence-corrected chi connectivity index (χ4v) is 2.89. The lowest BCUT2D eigenvalue weighted by Crippen LogP contribution is -2.30. The molecule has 1 aromatic carbocycles. The smallest absolute Gasteiger partial charge is 0.392 e. The lowest BCUT2D eigenvalue weighted by Gasteiger charge is -2.14. The number of nitrogens with one attached hydrogen (secondary N) is 1. The number of benzene rings is 1. The highest BCUT2D eigenvalue weighted by Crippen LogP contribution is 2.37. The van der Waals surface area contributed by atoms with Gasteiger partial charge in [-0.1, -0.05) is 6.07 Å². The van der Waals surface area contributed by atoms with Crippen molar-refractivity contribution in [3.63, 3.8) is 0 Å². The van der Waals surface area contributed by atoms with Crippen LogP contribution in [0.25, 0.3) is 22.5 Å². The van der Waals surface area contributed by atoms with Gasteiger partial charge in [-0.3, -0.25) is 14.8 Å².